The lowest BCUT2D eigenvalue weighted by Gasteiger charge is -2.22. The number of hydrogen-bond acceptors (Lipinski definition) is 3. The van der Waals surface area contributed by atoms with Gasteiger partial charge < -0.3 is 15.2 Å². The second kappa shape index (κ2) is 6.46. The van der Waals surface area contributed by atoms with Crippen LogP contribution in [-0.2, 0) is 4.74 Å². The van der Waals surface area contributed by atoms with Gasteiger partial charge in [-0.05, 0) is 26.7 Å². The Labute approximate surface area is 93.2 Å². The SMILES string of the molecule is CC(C)(O)CNCCOC1CCCCC1. The van der Waals surface area contributed by atoms with Crippen molar-refractivity contribution in [3.05, 3.63) is 0 Å². The van der Waals surface area contributed by atoms with Crippen molar-refractivity contribution in [1.29, 1.82) is 0 Å². The lowest BCUT2D eigenvalue weighted by Crippen LogP contribution is -2.36. The van der Waals surface area contributed by atoms with E-state index in [1.165, 1.54) is 32.1 Å². The van der Waals surface area contributed by atoms with Crippen LogP contribution in [0.15, 0.2) is 0 Å². The molecule has 0 atom stereocenters. The minimum Gasteiger partial charge on any atom is -0.389 e. The van der Waals surface area contributed by atoms with Gasteiger partial charge in [0.2, 0.25) is 0 Å². The van der Waals surface area contributed by atoms with Crippen LogP contribution in [0.2, 0.25) is 0 Å². The fourth-order valence-electron chi connectivity index (χ4n) is 1.92. The van der Waals surface area contributed by atoms with Crippen LogP contribution in [0, 0.1) is 0 Å². The number of ether oxygens (including phenoxy) is 1. The number of aliphatic hydroxyl groups is 1. The van der Waals surface area contributed by atoms with Crippen molar-refractivity contribution >= 4 is 0 Å². The van der Waals surface area contributed by atoms with Gasteiger partial charge in [0, 0.05) is 13.1 Å². The topological polar surface area (TPSA) is 41.5 Å². The number of nitrogens with one attached hydrogen (secondary N) is 1. The maximum atomic E-state index is 9.46. The highest BCUT2D eigenvalue weighted by atomic mass is 16.5. The molecular weight excluding hydrogens is 190 g/mol. The second-order valence-electron chi connectivity index (χ2n) is 5.12. The Hall–Kier alpha value is -0.120. The molecule has 0 amide bonds. The molecule has 1 saturated carbocycles. The molecule has 1 fully saturated rings. The highest BCUT2D eigenvalue weighted by molar-refractivity contribution is 4.68. The smallest absolute Gasteiger partial charge is 0.0715 e. The zero-order chi connectivity index (χ0) is 11.1. The van der Waals surface area contributed by atoms with E-state index >= 15 is 0 Å². The van der Waals surface area contributed by atoms with Gasteiger partial charge in [0.25, 0.3) is 0 Å². The first-order valence-electron chi connectivity index (χ1n) is 6.13. The quantitative estimate of drug-likeness (QED) is 0.663. The Bertz CT molecular complexity index is 159. The van der Waals surface area contributed by atoms with Crippen LogP contribution in [0.1, 0.15) is 46.0 Å². The Morgan fingerprint density at radius 2 is 1.93 bits per heavy atom. The molecule has 1 aliphatic rings. The lowest BCUT2D eigenvalue weighted by atomic mass is 9.98. The standard InChI is InChI=1S/C12H25NO2/c1-12(2,14)10-13-8-9-15-11-6-4-3-5-7-11/h11,13-14H,3-10H2,1-2H3. The summed E-state index contributed by atoms with van der Waals surface area (Å²) in [6, 6.07) is 0. The summed E-state index contributed by atoms with van der Waals surface area (Å²) >= 11 is 0. The van der Waals surface area contributed by atoms with E-state index in [4.69, 9.17) is 4.74 Å². The average molecular weight is 215 g/mol. The summed E-state index contributed by atoms with van der Waals surface area (Å²) in [7, 11) is 0. The Morgan fingerprint density at radius 3 is 2.53 bits per heavy atom. The molecule has 1 rings (SSSR count). The summed E-state index contributed by atoms with van der Waals surface area (Å²) in [4.78, 5) is 0. The van der Waals surface area contributed by atoms with Crippen LogP contribution >= 0.6 is 0 Å². The summed E-state index contributed by atoms with van der Waals surface area (Å²) < 4.78 is 5.75. The molecule has 0 heterocycles. The van der Waals surface area contributed by atoms with Crippen molar-refractivity contribution in [3.63, 3.8) is 0 Å². The number of hydrogen-bond donors (Lipinski definition) is 2. The highest BCUT2D eigenvalue weighted by Gasteiger charge is 2.14. The maximum absolute atomic E-state index is 9.46. The van der Waals surface area contributed by atoms with Crippen LogP contribution in [0.4, 0.5) is 0 Å². The molecule has 0 unspecified atom stereocenters. The van der Waals surface area contributed by atoms with Crippen molar-refractivity contribution in [2.45, 2.75) is 57.7 Å². The predicted molar refractivity (Wildman–Crippen MR) is 62.0 cm³/mol. The van der Waals surface area contributed by atoms with E-state index in [1.54, 1.807) is 0 Å². The minimum atomic E-state index is -0.620. The second-order valence-corrected chi connectivity index (χ2v) is 5.12. The van der Waals surface area contributed by atoms with Gasteiger partial charge in [-0.2, -0.15) is 0 Å². The fraction of sp³-hybridized carbons (Fsp3) is 1.00. The third-order valence-electron chi connectivity index (χ3n) is 2.74. The molecular formula is C12H25NO2. The molecule has 0 aromatic carbocycles. The van der Waals surface area contributed by atoms with E-state index in [9.17, 15) is 5.11 Å². The maximum Gasteiger partial charge on any atom is 0.0715 e. The molecule has 90 valence electrons. The summed E-state index contributed by atoms with van der Waals surface area (Å²) in [6.07, 6.45) is 6.96. The van der Waals surface area contributed by atoms with E-state index in [1.807, 2.05) is 13.8 Å². The molecule has 0 spiro atoms. The molecule has 0 aromatic rings. The van der Waals surface area contributed by atoms with Gasteiger partial charge >= 0.3 is 0 Å². The monoisotopic (exact) mass is 215 g/mol. The average Bonchev–Trinajstić information content (AvgIpc) is 2.17. The normalized spacial score (nSPS) is 19.4. The van der Waals surface area contributed by atoms with Gasteiger partial charge in [-0.15, -0.1) is 0 Å². The molecule has 3 heteroatoms. The molecule has 1 aliphatic carbocycles. The first kappa shape index (κ1) is 12.9. The van der Waals surface area contributed by atoms with Gasteiger partial charge in [0.1, 0.15) is 0 Å². The van der Waals surface area contributed by atoms with Crippen LogP contribution in [0.25, 0.3) is 0 Å². The van der Waals surface area contributed by atoms with Crippen molar-refractivity contribution in [3.8, 4) is 0 Å². The molecule has 3 nitrogen and oxygen atoms in total. The highest BCUT2D eigenvalue weighted by Crippen LogP contribution is 2.19. The summed E-state index contributed by atoms with van der Waals surface area (Å²) in [5, 5.41) is 12.7. The summed E-state index contributed by atoms with van der Waals surface area (Å²) in [5.74, 6) is 0. The van der Waals surface area contributed by atoms with Gasteiger partial charge in [0.05, 0.1) is 18.3 Å². The summed E-state index contributed by atoms with van der Waals surface area (Å²) in [5.41, 5.74) is -0.620. The van der Waals surface area contributed by atoms with Crippen molar-refractivity contribution in [2.75, 3.05) is 19.7 Å². The molecule has 0 aliphatic heterocycles. The van der Waals surface area contributed by atoms with Crippen molar-refractivity contribution in [2.24, 2.45) is 0 Å². The number of rotatable bonds is 6. The fourth-order valence-corrected chi connectivity index (χ4v) is 1.92. The van der Waals surface area contributed by atoms with E-state index in [0.717, 1.165) is 13.2 Å². The molecule has 0 bridgehead atoms. The van der Waals surface area contributed by atoms with Crippen molar-refractivity contribution in [1.82, 2.24) is 5.32 Å². The van der Waals surface area contributed by atoms with Crippen LogP contribution < -0.4 is 5.32 Å². The predicted octanol–water partition coefficient (Wildman–Crippen LogP) is 1.70. The van der Waals surface area contributed by atoms with Gasteiger partial charge in [-0.25, -0.2) is 0 Å². The third kappa shape index (κ3) is 6.88. The zero-order valence-electron chi connectivity index (χ0n) is 10.1. The van der Waals surface area contributed by atoms with E-state index in [2.05, 4.69) is 5.32 Å². The van der Waals surface area contributed by atoms with Crippen LogP contribution in [-0.4, -0.2) is 36.5 Å². The van der Waals surface area contributed by atoms with Crippen LogP contribution in [0.3, 0.4) is 0 Å². The van der Waals surface area contributed by atoms with E-state index < -0.39 is 5.60 Å². The zero-order valence-corrected chi connectivity index (χ0v) is 10.1. The molecule has 2 N–H and O–H groups in total. The molecule has 0 radical (unpaired) electrons. The third-order valence-corrected chi connectivity index (χ3v) is 2.74. The van der Waals surface area contributed by atoms with E-state index in [0.29, 0.717) is 12.6 Å². The van der Waals surface area contributed by atoms with Gasteiger partial charge in [-0.3, -0.25) is 0 Å². The van der Waals surface area contributed by atoms with Gasteiger partial charge in [0.15, 0.2) is 0 Å². The van der Waals surface area contributed by atoms with Gasteiger partial charge in [-0.1, -0.05) is 19.3 Å². The Kier molecular flexibility index (Phi) is 5.58. The summed E-state index contributed by atoms with van der Waals surface area (Å²) in [6.45, 7) is 5.84. The lowest BCUT2D eigenvalue weighted by molar-refractivity contribution is 0.0261. The first-order valence-corrected chi connectivity index (χ1v) is 6.13. The van der Waals surface area contributed by atoms with E-state index in [-0.39, 0.29) is 0 Å². The molecule has 0 saturated heterocycles. The Balaban J connectivity index is 1.92. The molecule has 15 heavy (non-hydrogen) atoms. The van der Waals surface area contributed by atoms with Crippen LogP contribution in [0.5, 0.6) is 0 Å². The largest absolute Gasteiger partial charge is 0.389 e. The first-order chi connectivity index (χ1) is 7.08. The Morgan fingerprint density at radius 1 is 1.27 bits per heavy atom. The van der Waals surface area contributed by atoms with Crippen molar-refractivity contribution < 1.29 is 9.84 Å². The minimum absolute atomic E-state index is 0.489. The molecule has 0 aromatic heterocycles.